The van der Waals surface area contributed by atoms with Crippen LogP contribution < -0.4 is 0 Å². The van der Waals surface area contributed by atoms with Crippen LogP contribution in [0, 0.1) is 0 Å². The van der Waals surface area contributed by atoms with Gasteiger partial charge in [-0.3, -0.25) is 4.98 Å². The molecule has 4 nitrogen and oxygen atoms in total. The number of aliphatic hydroxyl groups excluding tert-OH is 3. The monoisotopic (exact) mass is 349 g/mol. The molecule has 0 aliphatic heterocycles. The highest BCUT2D eigenvalue weighted by Gasteiger charge is 2.09. The van der Waals surface area contributed by atoms with Crippen LogP contribution in [0.5, 0.6) is 0 Å². The van der Waals surface area contributed by atoms with E-state index in [1.807, 2.05) is 24.3 Å². The molecule has 3 N–H and O–H groups in total. The van der Waals surface area contributed by atoms with Crippen molar-refractivity contribution in [1.82, 2.24) is 4.98 Å². The molecule has 25 heavy (non-hydrogen) atoms. The zero-order valence-electron chi connectivity index (χ0n) is 15.6. The number of aromatic nitrogens is 1. The highest BCUT2D eigenvalue weighted by Crippen LogP contribution is 2.18. The molecule has 142 valence electrons. The number of rotatable bonds is 14. The second-order valence-electron chi connectivity index (χ2n) is 6.71. The van der Waals surface area contributed by atoms with E-state index in [2.05, 4.69) is 11.9 Å². The number of pyridine rings is 1. The van der Waals surface area contributed by atoms with Crippen LogP contribution in [0.15, 0.2) is 24.3 Å². The van der Waals surface area contributed by atoms with Crippen molar-refractivity contribution >= 4 is 6.08 Å². The van der Waals surface area contributed by atoms with E-state index in [4.69, 9.17) is 5.11 Å². The van der Waals surface area contributed by atoms with Gasteiger partial charge in [0.05, 0.1) is 23.6 Å². The van der Waals surface area contributed by atoms with Crippen LogP contribution >= 0.6 is 0 Å². The van der Waals surface area contributed by atoms with Gasteiger partial charge in [0.1, 0.15) is 0 Å². The molecule has 0 fully saturated rings. The molecule has 0 bridgehead atoms. The Kier molecular flexibility index (Phi) is 12.2. The molecule has 2 unspecified atom stereocenters. The van der Waals surface area contributed by atoms with Crippen molar-refractivity contribution in [3.8, 4) is 0 Å². The molecule has 1 rings (SSSR count). The van der Waals surface area contributed by atoms with Crippen LogP contribution in [0.4, 0.5) is 0 Å². The minimum atomic E-state index is -0.604. The van der Waals surface area contributed by atoms with Gasteiger partial charge in [-0.05, 0) is 43.9 Å². The lowest BCUT2D eigenvalue weighted by atomic mass is 10.1. The van der Waals surface area contributed by atoms with Gasteiger partial charge in [-0.25, -0.2) is 0 Å². The summed E-state index contributed by atoms with van der Waals surface area (Å²) >= 11 is 0. The number of nitrogens with zero attached hydrogens (tertiary/aromatic N) is 1. The van der Waals surface area contributed by atoms with Gasteiger partial charge in [-0.1, -0.05) is 57.6 Å². The van der Waals surface area contributed by atoms with Gasteiger partial charge in [-0.2, -0.15) is 0 Å². The van der Waals surface area contributed by atoms with Crippen molar-refractivity contribution in [3.63, 3.8) is 0 Å². The third kappa shape index (κ3) is 10.4. The standard InChI is InChI=1S/C21H35NO3/c1-2-3-4-5-6-7-12-19(24)16-15-18-11-10-13-20(22-18)21(25)14-8-9-17-23/h10-11,13,15-16,19,21,23-25H,2-9,12,14,17H2,1H3/b16-15+. The first-order valence-corrected chi connectivity index (χ1v) is 9.79. The first kappa shape index (κ1) is 21.8. The molecule has 0 spiro atoms. The smallest absolute Gasteiger partial charge is 0.0960 e. The Balaban J connectivity index is 2.37. The summed E-state index contributed by atoms with van der Waals surface area (Å²) < 4.78 is 0. The zero-order chi connectivity index (χ0) is 18.3. The molecule has 0 aliphatic rings. The number of hydrogen-bond donors (Lipinski definition) is 3. The second-order valence-corrected chi connectivity index (χ2v) is 6.71. The third-order valence-electron chi connectivity index (χ3n) is 4.36. The second kappa shape index (κ2) is 14.0. The maximum absolute atomic E-state index is 10.1. The Hall–Kier alpha value is -1.23. The summed E-state index contributed by atoms with van der Waals surface area (Å²) in [6.07, 6.45) is 12.8. The highest BCUT2D eigenvalue weighted by atomic mass is 16.3. The van der Waals surface area contributed by atoms with Crippen molar-refractivity contribution in [3.05, 3.63) is 35.7 Å². The fraction of sp³-hybridized carbons (Fsp3) is 0.667. The Labute approximate surface area is 152 Å². The summed E-state index contributed by atoms with van der Waals surface area (Å²) in [6, 6.07) is 5.56. The van der Waals surface area contributed by atoms with Crippen molar-refractivity contribution in [2.24, 2.45) is 0 Å². The third-order valence-corrected chi connectivity index (χ3v) is 4.36. The van der Waals surface area contributed by atoms with Crippen LogP contribution in [0.3, 0.4) is 0 Å². The maximum atomic E-state index is 10.1. The quantitative estimate of drug-likeness (QED) is 0.435. The minimum Gasteiger partial charge on any atom is -0.396 e. The summed E-state index contributed by atoms with van der Waals surface area (Å²) in [5.74, 6) is 0. The van der Waals surface area contributed by atoms with E-state index in [1.165, 1.54) is 32.1 Å². The van der Waals surface area contributed by atoms with Crippen molar-refractivity contribution < 1.29 is 15.3 Å². The normalized spacial score (nSPS) is 14.1. The Morgan fingerprint density at radius 2 is 1.68 bits per heavy atom. The Morgan fingerprint density at radius 3 is 2.44 bits per heavy atom. The van der Waals surface area contributed by atoms with E-state index >= 15 is 0 Å². The molecule has 4 heteroatoms. The van der Waals surface area contributed by atoms with Crippen LogP contribution in [0.2, 0.25) is 0 Å². The van der Waals surface area contributed by atoms with E-state index in [1.54, 1.807) is 6.08 Å². The van der Waals surface area contributed by atoms with E-state index in [0.717, 1.165) is 25.0 Å². The van der Waals surface area contributed by atoms with Gasteiger partial charge < -0.3 is 15.3 Å². The maximum Gasteiger partial charge on any atom is 0.0960 e. The van der Waals surface area contributed by atoms with Gasteiger partial charge in [0.2, 0.25) is 0 Å². The summed E-state index contributed by atoms with van der Waals surface area (Å²) in [6.45, 7) is 2.37. The van der Waals surface area contributed by atoms with Crippen molar-refractivity contribution in [1.29, 1.82) is 0 Å². The molecular weight excluding hydrogens is 314 g/mol. The van der Waals surface area contributed by atoms with E-state index < -0.39 is 12.2 Å². The van der Waals surface area contributed by atoms with Crippen LogP contribution in [-0.2, 0) is 0 Å². The average Bonchev–Trinajstić information content (AvgIpc) is 2.63. The van der Waals surface area contributed by atoms with E-state index in [0.29, 0.717) is 18.5 Å². The molecule has 1 aromatic heterocycles. The molecule has 0 aliphatic carbocycles. The Bertz CT molecular complexity index is 476. The van der Waals surface area contributed by atoms with Gasteiger partial charge >= 0.3 is 0 Å². The van der Waals surface area contributed by atoms with Gasteiger partial charge in [0.25, 0.3) is 0 Å². The Morgan fingerprint density at radius 1 is 0.960 bits per heavy atom. The summed E-state index contributed by atoms with van der Waals surface area (Å²) in [5, 5.41) is 29.0. The molecule has 1 heterocycles. The molecule has 0 amide bonds. The molecular formula is C21H35NO3. The van der Waals surface area contributed by atoms with Gasteiger partial charge in [0.15, 0.2) is 0 Å². The van der Waals surface area contributed by atoms with Crippen molar-refractivity contribution in [2.45, 2.75) is 83.3 Å². The first-order valence-electron chi connectivity index (χ1n) is 9.79. The van der Waals surface area contributed by atoms with E-state index in [-0.39, 0.29) is 6.61 Å². The fourth-order valence-electron chi connectivity index (χ4n) is 2.78. The van der Waals surface area contributed by atoms with Crippen molar-refractivity contribution in [2.75, 3.05) is 6.61 Å². The predicted octanol–water partition coefficient (Wildman–Crippen LogP) is 4.40. The average molecular weight is 350 g/mol. The fourth-order valence-corrected chi connectivity index (χ4v) is 2.78. The number of hydrogen-bond acceptors (Lipinski definition) is 4. The number of unbranched alkanes of at least 4 members (excludes halogenated alkanes) is 6. The molecule has 0 aromatic carbocycles. The molecule has 0 saturated heterocycles. The van der Waals surface area contributed by atoms with Crippen LogP contribution in [0.1, 0.15) is 88.6 Å². The lowest BCUT2D eigenvalue weighted by Crippen LogP contribution is -2.03. The SMILES string of the molecule is CCCCCCCCC(O)/C=C/c1cccc(C(O)CCCCO)n1. The van der Waals surface area contributed by atoms with E-state index in [9.17, 15) is 10.2 Å². The summed E-state index contributed by atoms with van der Waals surface area (Å²) in [7, 11) is 0. The van der Waals surface area contributed by atoms with Gasteiger partial charge in [-0.15, -0.1) is 0 Å². The lowest BCUT2D eigenvalue weighted by Gasteiger charge is -2.10. The highest BCUT2D eigenvalue weighted by molar-refractivity contribution is 5.45. The molecule has 2 atom stereocenters. The largest absolute Gasteiger partial charge is 0.396 e. The van der Waals surface area contributed by atoms with Crippen LogP contribution in [0.25, 0.3) is 6.08 Å². The van der Waals surface area contributed by atoms with Gasteiger partial charge in [0, 0.05) is 6.61 Å². The zero-order valence-corrected chi connectivity index (χ0v) is 15.6. The summed E-state index contributed by atoms with van der Waals surface area (Å²) in [4.78, 5) is 4.44. The molecule has 1 aromatic rings. The molecule has 0 radical (unpaired) electrons. The lowest BCUT2D eigenvalue weighted by molar-refractivity contribution is 0.155. The first-order chi connectivity index (χ1) is 12.2. The minimum absolute atomic E-state index is 0.152. The molecule has 0 saturated carbocycles. The number of aliphatic hydroxyl groups is 3. The predicted molar refractivity (Wildman–Crippen MR) is 103 cm³/mol. The topological polar surface area (TPSA) is 73.6 Å². The summed E-state index contributed by atoms with van der Waals surface area (Å²) in [5.41, 5.74) is 1.39. The van der Waals surface area contributed by atoms with Crippen LogP contribution in [-0.4, -0.2) is 33.0 Å².